The maximum absolute atomic E-state index is 12.5. The number of imide groups is 1. The highest BCUT2D eigenvalue weighted by Crippen LogP contribution is 2.24. The van der Waals surface area contributed by atoms with Crippen LogP contribution in [0.15, 0.2) is 24.3 Å². The highest BCUT2D eigenvalue weighted by molar-refractivity contribution is 6.22. The second-order valence-corrected chi connectivity index (χ2v) is 6.31. The number of carbonyl (C=O) groups is 3. The molecule has 0 bridgehead atoms. The zero-order valence-corrected chi connectivity index (χ0v) is 14.7. The summed E-state index contributed by atoms with van der Waals surface area (Å²) in [6, 6.07) is 5.97. The molecule has 3 amide bonds. The predicted molar refractivity (Wildman–Crippen MR) is 92.8 cm³/mol. The third-order valence-corrected chi connectivity index (χ3v) is 4.59. The number of hydrogen-bond acceptors (Lipinski definition) is 3. The van der Waals surface area contributed by atoms with Crippen LogP contribution in [-0.4, -0.2) is 34.7 Å². The number of rotatable bonds is 8. The summed E-state index contributed by atoms with van der Waals surface area (Å²) in [5.41, 5.74) is 0.745. The molecule has 0 spiro atoms. The third kappa shape index (κ3) is 3.66. The van der Waals surface area contributed by atoms with Crippen LogP contribution in [0, 0.1) is 0 Å². The normalized spacial score (nSPS) is 16.0. The fourth-order valence-corrected chi connectivity index (χ4v) is 3.02. The molecule has 1 aromatic carbocycles. The van der Waals surface area contributed by atoms with Crippen LogP contribution in [0.5, 0.6) is 0 Å². The lowest BCUT2D eigenvalue weighted by Crippen LogP contribution is -2.50. The predicted octanol–water partition coefficient (Wildman–Crippen LogP) is 3.15. The van der Waals surface area contributed by atoms with E-state index in [1.807, 2.05) is 6.92 Å². The minimum Gasteiger partial charge on any atom is -0.352 e. The largest absolute Gasteiger partial charge is 0.352 e. The van der Waals surface area contributed by atoms with Gasteiger partial charge in [0.2, 0.25) is 5.91 Å². The van der Waals surface area contributed by atoms with Gasteiger partial charge >= 0.3 is 0 Å². The van der Waals surface area contributed by atoms with Crippen molar-refractivity contribution in [2.45, 2.75) is 65.0 Å². The highest BCUT2D eigenvalue weighted by Gasteiger charge is 2.40. The van der Waals surface area contributed by atoms with Crippen LogP contribution in [0.1, 0.15) is 73.6 Å². The van der Waals surface area contributed by atoms with Gasteiger partial charge < -0.3 is 5.32 Å². The molecule has 24 heavy (non-hydrogen) atoms. The Morgan fingerprint density at radius 3 is 2.17 bits per heavy atom. The van der Waals surface area contributed by atoms with E-state index in [9.17, 15) is 14.4 Å². The van der Waals surface area contributed by atoms with E-state index >= 15 is 0 Å². The number of benzene rings is 1. The molecule has 1 N–H and O–H groups in total. The molecule has 0 aromatic heterocycles. The zero-order chi connectivity index (χ0) is 17.7. The van der Waals surface area contributed by atoms with Gasteiger partial charge in [0.15, 0.2) is 0 Å². The van der Waals surface area contributed by atoms with Gasteiger partial charge in [-0.3, -0.25) is 19.3 Å². The SMILES string of the molecule is CCCCCC(CC)NC(=O)C(C)N1C(=O)c2ccccc2C1=O. The van der Waals surface area contributed by atoms with Crippen molar-refractivity contribution in [3.63, 3.8) is 0 Å². The number of fused-ring (bicyclic) bond motifs is 1. The Labute approximate surface area is 143 Å². The van der Waals surface area contributed by atoms with Crippen LogP contribution in [-0.2, 0) is 4.79 Å². The van der Waals surface area contributed by atoms with Crippen LogP contribution in [0.4, 0.5) is 0 Å². The van der Waals surface area contributed by atoms with Crippen molar-refractivity contribution in [1.29, 1.82) is 0 Å². The molecule has 0 radical (unpaired) electrons. The van der Waals surface area contributed by atoms with E-state index in [-0.39, 0.29) is 11.9 Å². The van der Waals surface area contributed by atoms with Gasteiger partial charge in [-0.05, 0) is 31.9 Å². The molecule has 1 aliphatic heterocycles. The van der Waals surface area contributed by atoms with Gasteiger partial charge in [-0.1, -0.05) is 45.2 Å². The zero-order valence-electron chi connectivity index (χ0n) is 14.7. The molecule has 0 saturated heterocycles. The monoisotopic (exact) mass is 330 g/mol. The molecule has 0 aliphatic carbocycles. The second kappa shape index (κ2) is 8.08. The lowest BCUT2D eigenvalue weighted by molar-refractivity contribution is -0.125. The van der Waals surface area contributed by atoms with Crippen molar-refractivity contribution in [2.75, 3.05) is 0 Å². The van der Waals surface area contributed by atoms with Crippen molar-refractivity contribution in [3.05, 3.63) is 35.4 Å². The van der Waals surface area contributed by atoms with Gasteiger partial charge in [-0.15, -0.1) is 0 Å². The summed E-state index contributed by atoms with van der Waals surface area (Å²) in [7, 11) is 0. The summed E-state index contributed by atoms with van der Waals surface area (Å²) in [6.07, 6.45) is 5.10. The molecule has 1 aliphatic rings. The fourth-order valence-electron chi connectivity index (χ4n) is 3.02. The molecule has 0 fully saturated rings. The van der Waals surface area contributed by atoms with Crippen molar-refractivity contribution in [2.24, 2.45) is 0 Å². The van der Waals surface area contributed by atoms with Crippen molar-refractivity contribution in [3.8, 4) is 0 Å². The molecule has 2 unspecified atom stereocenters. The number of amides is 3. The molecule has 130 valence electrons. The van der Waals surface area contributed by atoms with Gasteiger partial charge in [0, 0.05) is 6.04 Å². The van der Waals surface area contributed by atoms with Crippen LogP contribution in [0.25, 0.3) is 0 Å². The highest BCUT2D eigenvalue weighted by atomic mass is 16.2. The lowest BCUT2D eigenvalue weighted by atomic mass is 10.1. The molecular formula is C19H26N2O3. The third-order valence-electron chi connectivity index (χ3n) is 4.59. The summed E-state index contributed by atoms with van der Waals surface area (Å²) in [4.78, 5) is 38.5. The van der Waals surface area contributed by atoms with Crippen LogP contribution in [0.2, 0.25) is 0 Å². The first kappa shape index (κ1) is 18.2. The van der Waals surface area contributed by atoms with Crippen LogP contribution in [0.3, 0.4) is 0 Å². The Morgan fingerprint density at radius 1 is 1.08 bits per heavy atom. The summed E-state index contributed by atoms with van der Waals surface area (Å²) in [5.74, 6) is -1.05. The topological polar surface area (TPSA) is 66.5 Å². The fraction of sp³-hybridized carbons (Fsp3) is 0.526. The molecule has 1 aromatic rings. The van der Waals surface area contributed by atoms with Gasteiger partial charge in [-0.2, -0.15) is 0 Å². The Morgan fingerprint density at radius 2 is 1.67 bits per heavy atom. The van der Waals surface area contributed by atoms with E-state index in [2.05, 4.69) is 12.2 Å². The van der Waals surface area contributed by atoms with Crippen molar-refractivity contribution < 1.29 is 14.4 Å². The van der Waals surface area contributed by atoms with Crippen LogP contribution >= 0.6 is 0 Å². The molecule has 2 atom stereocenters. The number of carbonyl (C=O) groups excluding carboxylic acids is 3. The summed E-state index contributed by atoms with van der Waals surface area (Å²) < 4.78 is 0. The number of nitrogens with zero attached hydrogens (tertiary/aromatic N) is 1. The standard InChI is InChI=1S/C19H26N2O3/c1-4-6-7-10-14(5-2)20-17(22)13(3)21-18(23)15-11-8-9-12-16(15)19(21)24/h8-9,11-14H,4-7,10H2,1-3H3,(H,20,22). The van der Waals surface area contributed by atoms with E-state index < -0.39 is 17.9 Å². The Balaban J connectivity index is 2.03. The molecule has 2 rings (SSSR count). The maximum Gasteiger partial charge on any atom is 0.262 e. The summed E-state index contributed by atoms with van der Waals surface area (Å²) >= 11 is 0. The minimum atomic E-state index is -0.808. The average Bonchev–Trinajstić information content (AvgIpc) is 2.85. The Hall–Kier alpha value is -2.17. The minimum absolute atomic E-state index is 0.0849. The quantitative estimate of drug-likeness (QED) is 0.588. The Kier molecular flexibility index (Phi) is 6.12. The van der Waals surface area contributed by atoms with Crippen molar-refractivity contribution >= 4 is 17.7 Å². The maximum atomic E-state index is 12.5. The van der Waals surface area contributed by atoms with E-state index in [4.69, 9.17) is 0 Å². The average molecular weight is 330 g/mol. The van der Waals surface area contributed by atoms with E-state index in [0.29, 0.717) is 11.1 Å². The first-order valence-electron chi connectivity index (χ1n) is 8.78. The molecular weight excluding hydrogens is 304 g/mol. The van der Waals surface area contributed by atoms with Crippen LogP contribution < -0.4 is 5.32 Å². The summed E-state index contributed by atoms with van der Waals surface area (Å²) in [6.45, 7) is 5.78. The number of nitrogens with one attached hydrogen (secondary N) is 1. The van der Waals surface area contributed by atoms with Gasteiger partial charge in [-0.25, -0.2) is 0 Å². The smallest absolute Gasteiger partial charge is 0.262 e. The molecule has 0 saturated carbocycles. The van der Waals surface area contributed by atoms with Gasteiger partial charge in [0.25, 0.3) is 11.8 Å². The summed E-state index contributed by atoms with van der Waals surface area (Å²) in [5, 5.41) is 2.99. The lowest BCUT2D eigenvalue weighted by Gasteiger charge is -2.25. The van der Waals surface area contributed by atoms with E-state index in [0.717, 1.165) is 37.0 Å². The first-order chi connectivity index (χ1) is 11.5. The second-order valence-electron chi connectivity index (χ2n) is 6.31. The molecule has 1 heterocycles. The molecule has 5 nitrogen and oxygen atoms in total. The first-order valence-corrected chi connectivity index (χ1v) is 8.78. The van der Waals surface area contributed by atoms with E-state index in [1.165, 1.54) is 0 Å². The Bertz CT molecular complexity index is 592. The number of hydrogen-bond donors (Lipinski definition) is 1. The van der Waals surface area contributed by atoms with Crippen molar-refractivity contribution in [1.82, 2.24) is 10.2 Å². The van der Waals surface area contributed by atoms with E-state index in [1.54, 1.807) is 31.2 Å². The number of unbranched alkanes of at least 4 members (excludes halogenated alkanes) is 2. The molecule has 5 heteroatoms. The van der Waals surface area contributed by atoms with Gasteiger partial charge in [0.05, 0.1) is 11.1 Å². The van der Waals surface area contributed by atoms with Gasteiger partial charge in [0.1, 0.15) is 6.04 Å².